The molecule has 132 valence electrons. The van der Waals surface area contributed by atoms with E-state index in [2.05, 4.69) is 30.0 Å². The molecule has 1 aromatic rings. The largest absolute Gasteiger partial charge is 0.484 e. The fourth-order valence-corrected chi connectivity index (χ4v) is 3.16. The Labute approximate surface area is 153 Å². The van der Waals surface area contributed by atoms with Gasteiger partial charge in [0.25, 0.3) is 5.91 Å². The maximum Gasteiger partial charge on any atom is 0.276 e. The summed E-state index contributed by atoms with van der Waals surface area (Å²) in [6.07, 6.45) is 3.56. The fraction of sp³-hybridized carbons (Fsp3) is 0.529. The Morgan fingerprint density at radius 3 is 2.67 bits per heavy atom. The van der Waals surface area contributed by atoms with Crippen molar-refractivity contribution in [1.82, 2.24) is 16.2 Å². The van der Waals surface area contributed by atoms with Gasteiger partial charge in [-0.1, -0.05) is 38.3 Å². The molecule has 0 aliphatic heterocycles. The van der Waals surface area contributed by atoms with Gasteiger partial charge in [-0.15, -0.1) is 0 Å². The number of hydrogen-bond acceptors (Lipinski definition) is 3. The Morgan fingerprint density at radius 1 is 1.25 bits per heavy atom. The first-order valence-corrected chi connectivity index (χ1v) is 8.98. The third-order valence-corrected chi connectivity index (χ3v) is 4.99. The summed E-state index contributed by atoms with van der Waals surface area (Å²) in [5.74, 6) is 1.52. The number of nitrogens with one attached hydrogen (secondary N) is 3. The van der Waals surface area contributed by atoms with Crippen LogP contribution in [0.2, 0.25) is 5.02 Å². The van der Waals surface area contributed by atoms with Crippen molar-refractivity contribution in [2.45, 2.75) is 39.2 Å². The number of carbonyl (C=O) groups excluding carboxylic acids is 1. The van der Waals surface area contributed by atoms with Crippen LogP contribution in [0.5, 0.6) is 5.75 Å². The van der Waals surface area contributed by atoms with Crippen molar-refractivity contribution in [3.63, 3.8) is 0 Å². The SMILES string of the molecule is C[C@@H]1[C@H](C)CCC[C@@H]1NC(=S)NNC(=O)COc1ccc(Cl)cc1. The van der Waals surface area contributed by atoms with Gasteiger partial charge >= 0.3 is 0 Å². The zero-order valence-electron chi connectivity index (χ0n) is 14.0. The summed E-state index contributed by atoms with van der Waals surface area (Å²) in [6.45, 7) is 4.40. The normalized spacial score (nSPS) is 23.2. The standard InChI is InChI=1S/C17H24ClN3O2S/c1-11-4-3-5-15(12(11)2)19-17(24)21-20-16(22)10-23-14-8-6-13(18)7-9-14/h6-9,11-12,15H,3-5,10H2,1-2H3,(H,20,22)(H2,19,21,24)/t11-,12-,15+/m1/s1. The number of benzene rings is 1. The zero-order chi connectivity index (χ0) is 17.5. The van der Waals surface area contributed by atoms with E-state index < -0.39 is 0 Å². The summed E-state index contributed by atoms with van der Waals surface area (Å²) in [4.78, 5) is 11.8. The lowest BCUT2D eigenvalue weighted by Gasteiger charge is -2.35. The first-order chi connectivity index (χ1) is 11.5. The van der Waals surface area contributed by atoms with Crippen molar-refractivity contribution in [2.24, 2.45) is 11.8 Å². The predicted molar refractivity (Wildman–Crippen MR) is 99.9 cm³/mol. The molecule has 1 fully saturated rings. The number of hydrazine groups is 1. The lowest BCUT2D eigenvalue weighted by atomic mass is 9.78. The van der Waals surface area contributed by atoms with E-state index in [0.717, 1.165) is 6.42 Å². The number of ether oxygens (including phenoxy) is 1. The first-order valence-electron chi connectivity index (χ1n) is 8.19. The number of carbonyl (C=O) groups is 1. The Bertz CT molecular complexity index is 567. The fourth-order valence-electron chi connectivity index (χ4n) is 2.83. The Morgan fingerprint density at radius 2 is 1.96 bits per heavy atom. The van der Waals surface area contributed by atoms with Crippen LogP contribution in [-0.4, -0.2) is 23.7 Å². The highest BCUT2D eigenvalue weighted by Crippen LogP contribution is 2.29. The number of amides is 1. The molecule has 5 nitrogen and oxygen atoms in total. The minimum absolute atomic E-state index is 0.103. The Kier molecular flexibility index (Phi) is 7.12. The molecule has 1 aliphatic rings. The predicted octanol–water partition coefficient (Wildman–Crippen LogP) is 3.04. The molecule has 3 N–H and O–H groups in total. The highest BCUT2D eigenvalue weighted by atomic mass is 35.5. The number of hydrogen-bond donors (Lipinski definition) is 3. The van der Waals surface area contributed by atoms with Gasteiger partial charge in [-0.3, -0.25) is 15.6 Å². The van der Waals surface area contributed by atoms with Gasteiger partial charge in [0, 0.05) is 11.1 Å². The van der Waals surface area contributed by atoms with Crippen LogP contribution in [0, 0.1) is 11.8 Å². The summed E-state index contributed by atoms with van der Waals surface area (Å²) in [7, 11) is 0. The van der Waals surface area contributed by atoms with Gasteiger partial charge < -0.3 is 10.1 Å². The summed E-state index contributed by atoms with van der Waals surface area (Å²) >= 11 is 11.0. The maximum atomic E-state index is 11.8. The molecule has 0 radical (unpaired) electrons. The van der Waals surface area contributed by atoms with Crippen molar-refractivity contribution in [3.05, 3.63) is 29.3 Å². The van der Waals surface area contributed by atoms with E-state index in [-0.39, 0.29) is 12.5 Å². The molecule has 1 saturated carbocycles. The van der Waals surface area contributed by atoms with Gasteiger partial charge in [-0.25, -0.2) is 0 Å². The molecule has 3 atom stereocenters. The third kappa shape index (κ3) is 5.83. The number of rotatable bonds is 4. The van der Waals surface area contributed by atoms with Crippen LogP contribution >= 0.6 is 23.8 Å². The van der Waals surface area contributed by atoms with E-state index in [1.807, 2.05) is 0 Å². The van der Waals surface area contributed by atoms with Crippen LogP contribution < -0.4 is 20.9 Å². The molecule has 0 unspecified atom stereocenters. The maximum absolute atomic E-state index is 11.8. The Hall–Kier alpha value is -1.53. The molecule has 0 bridgehead atoms. The molecular weight excluding hydrogens is 346 g/mol. The Balaban J connectivity index is 1.67. The first kappa shape index (κ1) is 18.8. The van der Waals surface area contributed by atoms with E-state index in [0.29, 0.717) is 33.8 Å². The molecule has 24 heavy (non-hydrogen) atoms. The third-order valence-electron chi connectivity index (χ3n) is 4.52. The average Bonchev–Trinajstić information content (AvgIpc) is 2.56. The molecule has 0 aromatic heterocycles. The number of halogens is 1. The molecule has 1 amide bonds. The molecule has 0 saturated heterocycles. The van der Waals surface area contributed by atoms with E-state index in [1.165, 1.54) is 12.8 Å². The second-order valence-corrected chi connectivity index (χ2v) is 7.11. The molecule has 2 rings (SSSR count). The van der Waals surface area contributed by atoms with Gasteiger partial charge in [0.15, 0.2) is 11.7 Å². The van der Waals surface area contributed by atoms with Crippen LogP contribution in [0.1, 0.15) is 33.1 Å². The van der Waals surface area contributed by atoms with Crippen LogP contribution in [-0.2, 0) is 4.79 Å². The monoisotopic (exact) mass is 369 g/mol. The molecule has 7 heteroatoms. The van der Waals surface area contributed by atoms with E-state index in [4.69, 9.17) is 28.6 Å². The smallest absolute Gasteiger partial charge is 0.276 e. The molecular formula is C17H24ClN3O2S. The van der Waals surface area contributed by atoms with Crippen molar-refractivity contribution in [3.8, 4) is 5.75 Å². The molecule has 0 heterocycles. The van der Waals surface area contributed by atoms with E-state index in [9.17, 15) is 4.79 Å². The van der Waals surface area contributed by atoms with Gasteiger partial charge in [0.05, 0.1) is 0 Å². The van der Waals surface area contributed by atoms with Crippen molar-refractivity contribution >= 4 is 34.8 Å². The highest BCUT2D eigenvalue weighted by Gasteiger charge is 2.27. The molecule has 1 aliphatic carbocycles. The second-order valence-electron chi connectivity index (χ2n) is 6.26. The van der Waals surface area contributed by atoms with Crippen LogP contribution in [0.15, 0.2) is 24.3 Å². The second kappa shape index (κ2) is 9.08. The molecule has 1 aromatic carbocycles. The van der Waals surface area contributed by atoms with Crippen LogP contribution in [0.4, 0.5) is 0 Å². The van der Waals surface area contributed by atoms with Crippen molar-refractivity contribution < 1.29 is 9.53 Å². The van der Waals surface area contributed by atoms with Crippen LogP contribution in [0.25, 0.3) is 0 Å². The van der Waals surface area contributed by atoms with Gasteiger partial charge in [0.2, 0.25) is 0 Å². The van der Waals surface area contributed by atoms with Crippen LogP contribution in [0.3, 0.4) is 0 Å². The van der Waals surface area contributed by atoms with E-state index in [1.54, 1.807) is 24.3 Å². The average molecular weight is 370 g/mol. The number of thiocarbonyl (C=S) groups is 1. The summed E-state index contributed by atoms with van der Waals surface area (Å²) in [5.41, 5.74) is 5.27. The highest BCUT2D eigenvalue weighted by molar-refractivity contribution is 7.80. The molecule has 0 spiro atoms. The zero-order valence-corrected chi connectivity index (χ0v) is 15.5. The minimum atomic E-state index is -0.306. The lowest BCUT2D eigenvalue weighted by Crippen LogP contribution is -2.53. The van der Waals surface area contributed by atoms with Gasteiger partial charge in [-0.2, -0.15) is 0 Å². The minimum Gasteiger partial charge on any atom is -0.484 e. The van der Waals surface area contributed by atoms with Gasteiger partial charge in [-0.05, 0) is 54.7 Å². The topological polar surface area (TPSA) is 62.4 Å². The summed E-state index contributed by atoms with van der Waals surface area (Å²) in [5, 5.41) is 4.34. The summed E-state index contributed by atoms with van der Waals surface area (Å²) in [6, 6.07) is 7.18. The summed E-state index contributed by atoms with van der Waals surface area (Å²) < 4.78 is 5.36. The quantitative estimate of drug-likeness (QED) is 0.562. The van der Waals surface area contributed by atoms with Crippen molar-refractivity contribution in [1.29, 1.82) is 0 Å². The lowest BCUT2D eigenvalue weighted by molar-refractivity contribution is -0.123. The van der Waals surface area contributed by atoms with E-state index >= 15 is 0 Å². The van der Waals surface area contributed by atoms with Crippen molar-refractivity contribution in [2.75, 3.05) is 6.61 Å². The van der Waals surface area contributed by atoms with Gasteiger partial charge in [0.1, 0.15) is 5.75 Å².